The number of nitrogens with one attached hydrogen (secondary N) is 3. The SMILES string of the molecule is CN=C(NCCC(=O)Nc1ccc(Br)cc1)NCCc1ccc2c(c1)OCO2.I. The van der Waals surface area contributed by atoms with E-state index in [1.165, 1.54) is 0 Å². The molecular weight excluding hydrogens is 551 g/mol. The summed E-state index contributed by atoms with van der Waals surface area (Å²) in [6, 6.07) is 13.4. The topological polar surface area (TPSA) is 84.0 Å². The van der Waals surface area contributed by atoms with Gasteiger partial charge in [0.1, 0.15) is 0 Å². The molecule has 3 rings (SSSR count). The van der Waals surface area contributed by atoms with E-state index in [0.29, 0.717) is 25.5 Å². The first-order valence-electron chi connectivity index (χ1n) is 9.02. The van der Waals surface area contributed by atoms with Gasteiger partial charge in [0, 0.05) is 36.7 Å². The normalized spacial score (nSPS) is 12.1. The number of guanidine groups is 1. The molecule has 2 aromatic rings. The number of halogens is 2. The standard InChI is InChI=1S/C20H23BrN4O3.HI/c1-22-20(23-10-8-14-2-7-17-18(12-14)28-13-27-17)24-11-9-19(26)25-16-5-3-15(21)4-6-16;/h2-7,12H,8-11,13H2,1H3,(H,25,26)(H2,22,23,24);1H. The van der Waals surface area contributed by atoms with Crippen molar-refractivity contribution in [2.75, 3.05) is 32.2 Å². The van der Waals surface area contributed by atoms with Gasteiger partial charge >= 0.3 is 0 Å². The van der Waals surface area contributed by atoms with E-state index >= 15 is 0 Å². The summed E-state index contributed by atoms with van der Waals surface area (Å²) in [7, 11) is 1.71. The number of benzene rings is 2. The lowest BCUT2D eigenvalue weighted by molar-refractivity contribution is -0.116. The van der Waals surface area contributed by atoms with Crippen LogP contribution in [0.2, 0.25) is 0 Å². The zero-order chi connectivity index (χ0) is 19.8. The minimum atomic E-state index is -0.0503. The number of fused-ring (bicyclic) bond motifs is 1. The Hall–Kier alpha value is -2.01. The Morgan fingerprint density at radius 3 is 2.55 bits per heavy atom. The van der Waals surface area contributed by atoms with E-state index in [9.17, 15) is 4.79 Å². The molecule has 0 fully saturated rings. The monoisotopic (exact) mass is 574 g/mol. The molecule has 1 aliphatic rings. The Morgan fingerprint density at radius 1 is 1.07 bits per heavy atom. The maximum atomic E-state index is 12.0. The number of hydrogen-bond acceptors (Lipinski definition) is 4. The fourth-order valence-electron chi connectivity index (χ4n) is 2.69. The molecule has 0 aliphatic carbocycles. The molecule has 0 saturated carbocycles. The highest BCUT2D eigenvalue weighted by atomic mass is 127. The number of rotatable bonds is 7. The number of ether oxygens (including phenoxy) is 2. The largest absolute Gasteiger partial charge is 0.454 e. The van der Waals surface area contributed by atoms with Crippen molar-refractivity contribution >= 4 is 57.5 Å². The van der Waals surface area contributed by atoms with Crippen LogP contribution in [0.25, 0.3) is 0 Å². The van der Waals surface area contributed by atoms with Gasteiger partial charge in [-0.25, -0.2) is 0 Å². The molecule has 2 aromatic carbocycles. The highest BCUT2D eigenvalue weighted by Crippen LogP contribution is 2.32. The second kappa shape index (κ2) is 11.9. The van der Waals surface area contributed by atoms with Crippen LogP contribution in [0.5, 0.6) is 11.5 Å². The fraction of sp³-hybridized carbons (Fsp3) is 0.300. The van der Waals surface area contributed by atoms with Gasteiger partial charge in [0.05, 0.1) is 0 Å². The second-order valence-corrected chi connectivity index (χ2v) is 7.08. The Morgan fingerprint density at radius 2 is 1.79 bits per heavy atom. The minimum absolute atomic E-state index is 0. The first-order chi connectivity index (χ1) is 13.6. The first kappa shape index (κ1) is 23.3. The van der Waals surface area contributed by atoms with E-state index < -0.39 is 0 Å². The van der Waals surface area contributed by atoms with E-state index in [2.05, 4.69) is 36.9 Å². The van der Waals surface area contributed by atoms with Crippen LogP contribution in [-0.4, -0.2) is 38.8 Å². The quantitative estimate of drug-likeness (QED) is 0.268. The maximum absolute atomic E-state index is 12.0. The van der Waals surface area contributed by atoms with Gasteiger partial charge < -0.3 is 25.4 Å². The van der Waals surface area contributed by atoms with Gasteiger partial charge in [-0.05, 0) is 48.4 Å². The van der Waals surface area contributed by atoms with Crippen LogP contribution in [0.15, 0.2) is 51.9 Å². The molecule has 9 heteroatoms. The lowest BCUT2D eigenvalue weighted by Crippen LogP contribution is -2.39. The number of nitrogens with zero attached hydrogens (tertiary/aromatic N) is 1. The predicted octanol–water partition coefficient (Wildman–Crippen LogP) is 3.53. The van der Waals surface area contributed by atoms with Crippen molar-refractivity contribution in [3.8, 4) is 11.5 Å². The maximum Gasteiger partial charge on any atom is 0.231 e. The van der Waals surface area contributed by atoms with Gasteiger partial charge in [-0.3, -0.25) is 9.79 Å². The Balaban J connectivity index is 0.00000300. The number of amides is 1. The highest BCUT2D eigenvalue weighted by molar-refractivity contribution is 14.0. The molecule has 0 aromatic heterocycles. The van der Waals surface area contributed by atoms with Crippen LogP contribution in [-0.2, 0) is 11.2 Å². The molecule has 0 atom stereocenters. The van der Waals surface area contributed by atoms with Crippen LogP contribution in [0.4, 0.5) is 5.69 Å². The van der Waals surface area contributed by atoms with Crippen LogP contribution < -0.4 is 25.4 Å². The lowest BCUT2D eigenvalue weighted by atomic mass is 10.1. The number of carbonyl (C=O) groups is 1. The first-order valence-corrected chi connectivity index (χ1v) is 9.82. The van der Waals surface area contributed by atoms with Crippen LogP contribution in [0, 0.1) is 0 Å². The summed E-state index contributed by atoms with van der Waals surface area (Å²) < 4.78 is 11.7. The Kier molecular flexibility index (Phi) is 9.52. The van der Waals surface area contributed by atoms with Gasteiger partial charge in [0.15, 0.2) is 17.5 Å². The Bertz CT molecular complexity index is 846. The molecule has 1 heterocycles. The molecule has 1 aliphatic heterocycles. The molecule has 0 unspecified atom stereocenters. The van der Waals surface area contributed by atoms with E-state index in [0.717, 1.165) is 33.6 Å². The summed E-state index contributed by atoms with van der Waals surface area (Å²) in [6.45, 7) is 1.49. The average Bonchev–Trinajstić information content (AvgIpc) is 3.16. The minimum Gasteiger partial charge on any atom is -0.454 e. The van der Waals surface area contributed by atoms with Crippen LogP contribution in [0.3, 0.4) is 0 Å². The summed E-state index contributed by atoms with van der Waals surface area (Å²) in [5.41, 5.74) is 1.93. The number of aliphatic imine (C=N–C) groups is 1. The van der Waals surface area contributed by atoms with E-state index in [-0.39, 0.29) is 36.7 Å². The van der Waals surface area contributed by atoms with Crippen molar-refractivity contribution in [2.45, 2.75) is 12.8 Å². The van der Waals surface area contributed by atoms with Crippen LogP contribution in [0.1, 0.15) is 12.0 Å². The third-order valence-electron chi connectivity index (χ3n) is 4.14. The molecule has 0 saturated heterocycles. The van der Waals surface area contributed by atoms with Crippen molar-refractivity contribution in [3.05, 3.63) is 52.5 Å². The summed E-state index contributed by atoms with van der Waals surface area (Å²) in [4.78, 5) is 16.2. The smallest absolute Gasteiger partial charge is 0.231 e. The Labute approximate surface area is 195 Å². The molecule has 0 spiro atoms. The molecule has 29 heavy (non-hydrogen) atoms. The zero-order valence-electron chi connectivity index (χ0n) is 16.0. The zero-order valence-corrected chi connectivity index (χ0v) is 20.0. The van der Waals surface area contributed by atoms with Crippen LogP contribution >= 0.6 is 39.9 Å². The number of carbonyl (C=O) groups excluding carboxylic acids is 1. The second-order valence-electron chi connectivity index (χ2n) is 6.17. The average molecular weight is 575 g/mol. The molecule has 0 bridgehead atoms. The third-order valence-corrected chi connectivity index (χ3v) is 4.67. The third kappa shape index (κ3) is 7.39. The van der Waals surface area contributed by atoms with Gasteiger partial charge in [-0.2, -0.15) is 0 Å². The van der Waals surface area contributed by atoms with Crippen molar-refractivity contribution in [2.24, 2.45) is 4.99 Å². The van der Waals surface area contributed by atoms with Crippen molar-refractivity contribution in [1.29, 1.82) is 0 Å². The lowest BCUT2D eigenvalue weighted by Gasteiger charge is -2.12. The summed E-state index contributed by atoms with van der Waals surface area (Å²) in [5, 5.41) is 9.26. The number of hydrogen-bond donors (Lipinski definition) is 3. The van der Waals surface area contributed by atoms with Gasteiger partial charge in [-0.15, -0.1) is 24.0 Å². The van der Waals surface area contributed by atoms with Crippen molar-refractivity contribution < 1.29 is 14.3 Å². The van der Waals surface area contributed by atoms with Gasteiger partial charge in [-0.1, -0.05) is 22.0 Å². The molecule has 7 nitrogen and oxygen atoms in total. The summed E-state index contributed by atoms with van der Waals surface area (Å²) in [5.74, 6) is 2.19. The predicted molar refractivity (Wildman–Crippen MR) is 128 cm³/mol. The van der Waals surface area contributed by atoms with E-state index in [1.54, 1.807) is 7.05 Å². The van der Waals surface area contributed by atoms with Gasteiger partial charge in [0.25, 0.3) is 0 Å². The fourth-order valence-corrected chi connectivity index (χ4v) is 2.96. The van der Waals surface area contributed by atoms with Crippen molar-refractivity contribution in [3.63, 3.8) is 0 Å². The molecule has 1 amide bonds. The highest BCUT2D eigenvalue weighted by Gasteiger charge is 2.13. The van der Waals surface area contributed by atoms with E-state index in [1.807, 2.05) is 42.5 Å². The molecule has 156 valence electrons. The van der Waals surface area contributed by atoms with Crippen molar-refractivity contribution in [1.82, 2.24) is 10.6 Å². The summed E-state index contributed by atoms with van der Waals surface area (Å²) in [6.07, 6.45) is 1.17. The molecule has 0 radical (unpaired) electrons. The molecule has 3 N–H and O–H groups in total. The molecular formula is C20H24BrIN4O3. The summed E-state index contributed by atoms with van der Waals surface area (Å²) >= 11 is 3.37. The number of anilines is 1. The van der Waals surface area contributed by atoms with E-state index in [4.69, 9.17) is 9.47 Å². The van der Waals surface area contributed by atoms with Gasteiger partial charge in [0.2, 0.25) is 12.7 Å².